The van der Waals surface area contributed by atoms with E-state index in [4.69, 9.17) is 0 Å². The highest BCUT2D eigenvalue weighted by atomic mass is 16.2. The number of unbranched alkanes of at least 4 members (excludes halogenated alkanes) is 1. The molecule has 0 radical (unpaired) electrons. The molecule has 2 heterocycles. The zero-order valence-corrected chi connectivity index (χ0v) is 18.4. The average molecular weight is 423 g/mol. The molecule has 1 aromatic heterocycles. The maximum Gasteiger partial charge on any atom is 0.243 e. The van der Waals surface area contributed by atoms with Crippen molar-refractivity contribution in [3.05, 3.63) is 53.3 Å². The summed E-state index contributed by atoms with van der Waals surface area (Å²) in [5.74, 6) is 5.81. The molecule has 1 fully saturated rings. The monoisotopic (exact) mass is 422 g/mol. The van der Waals surface area contributed by atoms with Gasteiger partial charge in [-0.15, -0.1) is 0 Å². The summed E-state index contributed by atoms with van der Waals surface area (Å²) in [7, 11) is 1.82. The Morgan fingerprint density at radius 2 is 2.10 bits per heavy atom. The first-order chi connectivity index (χ1) is 15.1. The Bertz CT molecular complexity index is 941. The largest absolute Gasteiger partial charge is 0.298 e. The standard InChI is InChI=1S/C22H24N4O3.C2H6/c1-25(20-10-11-21(28)24-22(20)29)15-19-17(8-5-9-18(19)16-27)7-3-2-4-13-26-14-6-12-23-26;1-2/h5-6,8-9,12,14,16,20H,2,4,10-11,13,15H2,1H3,(H,24,28,29);1-2H3. The van der Waals surface area contributed by atoms with Crippen molar-refractivity contribution in [2.24, 2.45) is 0 Å². The molecule has 7 nitrogen and oxygen atoms in total. The second kappa shape index (κ2) is 12.5. The van der Waals surface area contributed by atoms with Gasteiger partial charge in [0, 0.05) is 49.5 Å². The third kappa shape index (κ3) is 6.90. The first-order valence-electron chi connectivity index (χ1n) is 10.7. The molecule has 0 bridgehead atoms. The van der Waals surface area contributed by atoms with Gasteiger partial charge >= 0.3 is 0 Å². The van der Waals surface area contributed by atoms with Gasteiger partial charge in [0.15, 0.2) is 0 Å². The predicted molar refractivity (Wildman–Crippen MR) is 119 cm³/mol. The Balaban J connectivity index is 0.00000166. The number of carbonyl (C=O) groups excluding carboxylic acids is 3. The third-order valence-corrected chi connectivity index (χ3v) is 4.96. The van der Waals surface area contributed by atoms with Gasteiger partial charge in [0.2, 0.25) is 11.8 Å². The minimum Gasteiger partial charge on any atom is -0.298 e. The summed E-state index contributed by atoms with van der Waals surface area (Å²) >= 11 is 0. The quantitative estimate of drug-likeness (QED) is 0.321. The molecule has 1 aliphatic rings. The van der Waals surface area contributed by atoms with Crippen molar-refractivity contribution < 1.29 is 14.4 Å². The predicted octanol–water partition coefficient (Wildman–Crippen LogP) is 2.79. The maximum absolute atomic E-state index is 12.1. The van der Waals surface area contributed by atoms with E-state index in [1.807, 2.05) is 54.9 Å². The molecule has 3 rings (SSSR count). The Hall–Kier alpha value is -3.24. The van der Waals surface area contributed by atoms with Crippen molar-refractivity contribution in [3.8, 4) is 11.8 Å². The zero-order chi connectivity index (χ0) is 22.6. The Kier molecular flexibility index (Phi) is 9.66. The molecule has 1 unspecified atom stereocenters. The first-order valence-corrected chi connectivity index (χ1v) is 10.7. The molecule has 1 saturated heterocycles. The lowest BCUT2D eigenvalue weighted by Crippen LogP contribution is -2.51. The van der Waals surface area contributed by atoms with Gasteiger partial charge in [-0.05, 0) is 37.6 Å². The smallest absolute Gasteiger partial charge is 0.243 e. The van der Waals surface area contributed by atoms with E-state index in [-0.39, 0.29) is 11.8 Å². The number of nitrogens with one attached hydrogen (secondary N) is 1. The van der Waals surface area contributed by atoms with Gasteiger partial charge in [-0.1, -0.05) is 37.8 Å². The summed E-state index contributed by atoms with van der Waals surface area (Å²) in [5, 5.41) is 6.54. The number of likely N-dealkylation sites (N-methyl/N-ethyl adjacent to an activating group) is 1. The number of imide groups is 1. The number of hydrogen-bond donors (Lipinski definition) is 1. The minimum absolute atomic E-state index is 0.241. The highest BCUT2D eigenvalue weighted by molar-refractivity contribution is 6.00. The van der Waals surface area contributed by atoms with Crippen LogP contribution < -0.4 is 5.32 Å². The summed E-state index contributed by atoms with van der Waals surface area (Å²) in [6.45, 7) is 5.21. The molecular weight excluding hydrogens is 392 g/mol. The molecule has 0 spiro atoms. The van der Waals surface area contributed by atoms with Crippen molar-refractivity contribution in [2.45, 2.75) is 58.7 Å². The molecule has 2 aromatic rings. The number of carbonyl (C=O) groups is 3. The van der Waals surface area contributed by atoms with Crippen LogP contribution in [-0.2, 0) is 22.7 Å². The fraction of sp³-hybridized carbons (Fsp3) is 0.417. The van der Waals surface area contributed by atoms with Gasteiger partial charge in [0.1, 0.15) is 6.29 Å². The summed E-state index contributed by atoms with van der Waals surface area (Å²) < 4.78 is 1.87. The van der Waals surface area contributed by atoms with Crippen LogP contribution in [0.4, 0.5) is 0 Å². The molecule has 0 aliphatic carbocycles. The van der Waals surface area contributed by atoms with E-state index in [0.717, 1.165) is 30.4 Å². The van der Waals surface area contributed by atoms with Crippen LogP contribution in [0.1, 0.15) is 61.0 Å². The summed E-state index contributed by atoms with van der Waals surface area (Å²) in [6, 6.07) is 6.95. The van der Waals surface area contributed by atoms with Crippen LogP contribution in [-0.4, -0.2) is 45.9 Å². The summed E-state index contributed by atoms with van der Waals surface area (Å²) in [6.07, 6.45) is 6.88. The topological polar surface area (TPSA) is 84.3 Å². The zero-order valence-electron chi connectivity index (χ0n) is 18.4. The molecule has 1 aromatic carbocycles. The summed E-state index contributed by atoms with van der Waals surface area (Å²) in [4.78, 5) is 36.9. The second-order valence-electron chi connectivity index (χ2n) is 7.05. The number of amides is 2. The number of aldehydes is 1. The maximum atomic E-state index is 12.1. The van der Waals surface area contributed by atoms with Crippen LogP contribution in [0.25, 0.3) is 0 Å². The van der Waals surface area contributed by atoms with Crippen molar-refractivity contribution in [1.29, 1.82) is 0 Å². The number of nitrogens with zero attached hydrogens (tertiary/aromatic N) is 3. The Morgan fingerprint density at radius 1 is 1.29 bits per heavy atom. The van der Waals surface area contributed by atoms with E-state index < -0.39 is 6.04 Å². The molecule has 2 amide bonds. The number of aromatic nitrogens is 2. The molecule has 1 aliphatic heterocycles. The van der Waals surface area contributed by atoms with Gasteiger partial charge < -0.3 is 0 Å². The van der Waals surface area contributed by atoms with Gasteiger partial charge in [0.05, 0.1) is 6.04 Å². The fourth-order valence-electron chi connectivity index (χ4n) is 3.39. The molecule has 164 valence electrons. The molecule has 0 saturated carbocycles. The van der Waals surface area contributed by atoms with E-state index in [9.17, 15) is 14.4 Å². The number of benzene rings is 1. The molecule has 1 atom stereocenters. The Morgan fingerprint density at radius 3 is 2.77 bits per heavy atom. The Labute approximate surface area is 183 Å². The molecule has 1 N–H and O–H groups in total. The SMILES string of the molecule is CC.CN(Cc1c(C#CCCCn2cccn2)cccc1C=O)C1CCC(=O)NC1=O. The van der Waals surface area contributed by atoms with Crippen molar-refractivity contribution in [1.82, 2.24) is 20.0 Å². The van der Waals surface area contributed by atoms with Crippen LogP contribution in [0.5, 0.6) is 0 Å². The van der Waals surface area contributed by atoms with Gasteiger partial charge in [-0.2, -0.15) is 5.10 Å². The van der Waals surface area contributed by atoms with Crippen LogP contribution >= 0.6 is 0 Å². The van der Waals surface area contributed by atoms with E-state index in [2.05, 4.69) is 22.3 Å². The third-order valence-electron chi connectivity index (χ3n) is 4.96. The average Bonchev–Trinajstić information content (AvgIpc) is 3.29. The van der Waals surface area contributed by atoms with E-state index in [1.165, 1.54) is 0 Å². The minimum atomic E-state index is -0.401. The van der Waals surface area contributed by atoms with Crippen molar-refractivity contribution in [2.75, 3.05) is 7.05 Å². The number of hydrogen-bond acceptors (Lipinski definition) is 5. The van der Waals surface area contributed by atoms with Crippen LogP contribution in [0, 0.1) is 11.8 Å². The van der Waals surface area contributed by atoms with Gasteiger partial charge in [0.25, 0.3) is 0 Å². The van der Waals surface area contributed by atoms with Crippen LogP contribution in [0.2, 0.25) is 0 Å². The van der Waals surface area contributed by atoms with E-state index >= 15 is 0 Å². The molecule has 7 heteroatoms. The summed E-state index contributed by atoms with van der Waals surface area (Å²) in [5.41, 5.74) is 2.15. The van der Waals surface area contributed by atoms with Crippen LogP contribution in [0.15, 0.2) is 36.7 Å². The lowest BCUT2D eigenvalue weighted by molar-refractivity contribution is -0.137. The normalized spacial score (nSPS) is 15.4. The lowest BCUT2D eigenvalue weighted by Gasteiger charge is -2.30. The fourth-order valence-corrected chi connectivity index (χ4v) is 3.39. The molecular formula is C24H30N4O3. The van der Waals surface area contributed by atoms with Gasteiger partial charge in [-0.3, -0.25) is 29.3 Å². The van der Waals surface area contributed by atoms with Crippen LogP contribution in [0.3, 0.4) is 0 Å². The first kappa shape index (κ1) is 24.0. The van der Waals surface area contributed by atoms with E-state index in [1.54, 1.807) is 12.3 Å². The number of aryl methyl sites for hydroxylation is 1. The molecule has 31 heavy (non-hydrogen) atoms. The lowest BCUT2D eigenvalue weighted by atomic mass is 9.99. The van der Waals surface area contributed by atoms with Gasteiger partial charge in [-0.25, -0.2) is 0 Å². The van der Waals surface area contributed by atoms with Crippen molar-refractivity contribution >= 4 is 18.1 Å². The van der Waals surface area contributed by atoms with Crippen molar-refractivity contribution in [3.63, 3.8) is 0 Å². The van der Waals surface area contributed by atoms with E-state index in [0.29, 0.717) is 31.4 Å². The number of rotatable bonds is 7. The highest BCUT2D eigenvalue weighted by Gasteiger charge is 2.30. The second-order valence-corrected chi connectivity index (χ2v) is 7.05. The highest BCUT2D eigenvalue weighted by Crippen LogP contribution is 2.19. The number of piperidine rings is 1.